The topological polar surface area (TPSA) is 41.1 Å². The van der Waals surface area contributed by atoms with Crippen LogP contribution in [0.3, 0.4) is 0 Å². The lowest BCUT2D eigenvalue weighted by atomic mass is 9.87. The third-order valence-electron chi connectivity index (χ3n) is 4.22. The van der Waals surface area contributed by atoms with Crippen molar-refractivity contribution in [3.63, 3.8) is 0 Å². The Morgan fingerprint density at radius 2 is 2.10 bits per heavy atom. The molecule has 2 aliphatic rings. The second-order valence-corrected chi connectivity index (χ2v) is 6.78. The number of amides is 1. The molecule has 0 unspecified atom stereocenters. The molecule has 1 aromatic carbocycles. The largest absolute Gasteiger partial charge is 0.385 e. The van der Waals surface area contributed by atoms with Crippen molar-refractivity contribution in [3.8, 4) is 0 Å². The molecule has 0 spiro atoms. The van der Waals surface area contributed by atoms with Crippen LogP contribution in [0.25, 0.3) is 0 Å². The Balaban J connectivity index is 1.52. The van der Waals surface area contributed by atoms with E-state index in [-0.39, 0.29) is 5.91 Å². The zero-order valence-corrected chi connectivity index (χ0v) is 12.6. The molecule has 0 aromatic heterocycles. The van der Waals surface area contributed by atoms with Crippen LogP contribution in [0.5, 0.6) is 0 Å². The van der Waals surface area contributed by atoms with Crippen LogP contribution >= 0.6 is 11.8 Å². The van der Waals surface area contributed by atoms with Gasteiger partial charge in [0.2, 0.25) is 5.91 Å². The van der Waals surface area contributed by atoms with Crippen LogP contribution in [-0.4, -0.2) is 18.2 Å². The number of benzene rings is 1. The normalized spacial score (nSPS) is 19.3. The fraction of sp³-hybridized carbons (Fsp3) is 0.562. The minimum Gasteiger partial charge on any atom is -0.385 e. The minimum atomic E-state index is 0.0989. The van der Waals surface area contributed by atoms with E-state index < -0.39 is 0 Å². The number of nitrogens with one attached hydrogen (secondary N) is 2. The number of thioether (sulfide) groups is 1. The fourth-order valence-electron chi connectivity index (χ4n) is 3.09. The molecule has 1 saturated carbocycles. The summed E-state index contributed by atoms with van der Waals surface area (Å²) < 4.78 is 0. The molecule has 3 nitrogen and oxygen atoms in total. The average Bonchev–Trinajstić information content (AvgIpc) is 2.48. The van der Waals surface area contributed by atoms with E-state index in [9.17, 15) is 4.79 Å². The molecule has 1 aliphatic carbocycles. The van der Waals surface area contributed by atoms with E-state index in [1.54, 1.807) is 11.8 Å². The summed E-state index contributed by atoms with van der Waals surface area (Å²) in [5, 5.41) is 6.44. The van der Waals surface area contributed by atoms with Gasteiger partial charge in [0, 0.05) is 17.1 Å². The maximum Gasteiger partial charge on any atom is 0.234 e. The highest BCUT2D eigenvalue weighted by Gasteiger charge is 2.16. The highest BCUT2D eigenvalue weighted by Crippen LogP contribution is 2.33. The molecule has 1 aromatic rings. The number of hydrogen-bond donors (Lipinski definition) is 2. The number of carbonyl (C=O) groups is 1. The molecule has 0 bridgehead atoms. The maximum atomic E-state index is 11.4. The van der Waals surface area contributed by atoms with Gasteiger partial charge < -0.3 is 10.6 Å². The first-order valence-corrected chi connectivity index (χ1v) is 8.60. The predicted octanol–water partition coefficient (Wildman–Crippen LogP) is 4.11. The molecule has 0 atom stereocenters. The number of rotatable bonds is 4. The van der Waals surface area contributed by atoms with Crippen molar-refractivity contribution in [1.29, 1.82) is 0 Å². The van der Waals surface area contributed by atoms with Gasteiger partial charge in [0.05, 0.1) is 11.4 Å². The first-order valence-electron chi connectivity index (χ1n) is 7.62. The van der Waals surface area contributed by atoms with Gasteiger partial charge in [-0.15, -0.1) is 11.8 Å². The van der Waals surface area contributed by atoms with Crippen molar-refractivity contribution in [2.24, 2.45) is 5.92 Å². The fourth-order valence-corrected chi connectivity index (χ4v) is 3.88. The zero-order chi connectivity index (χ0) is 13.8. The quantitative estimate of drug-likeness (QED) is 0.876. The van der Waals surface area contributed by atoms with Crippen LogP contribution in [0, 0.1) is 5.92 Å². The summed E-state index contributed by atoms with van der Waals surface area (Å²) in [6.07, 6.45) is 8.31. The van der Waals surface area contributed by atoms with E-state index in [0.717, 1.165) is 23.8 Å². The molecule has 1 fully saturated rings. The van der Waals surface area contributed by atoms with E-state index in [4.69, 9.17) is 0 Å². The number of hydrogen-bond acceptors (Lipinski definition) is 3. The molecule has 0 saturated heterocycles. The monoisotopic (exact) mass is 290 g/mol. The van der Waals surface area contributed by atoms with Gasteiger partial charge in [0.1, 0.15) is 0 Å². The molecular weight excluding hydrogens is 268 g/mol. The average molecular weight is 290 g/mol. The third-order valence-corrected chi connectivity index (χ3v) is 5.29. The lowest BCUT2D eigenvalue weighted by Crippen LogP contribution is -2.19. The number of anilines is 2. The molecule has 1 heterocycles. The Labute approximate surface area is 124 Å². The van der Waals surface area contributed by atoms with Crippen LogP contribution in [0.2, 0.25) is 0 Å². The maximum absolute atomic E-state index is 11.4. The third kappa shape index (κ3) is 3.48. The summed E-state index contributed by atoms with van der Waals surface area (Å²) in [5.41, 5.74) is 2.07. The van der Waals surface area contributed by atoms with Gasteiger partial charge in [-0.2, -0.15) is 0 Å². The van der Waals surface area contributed by atoms with Gasteiger partial charge in [-0.1, -0.05) is 32.1 Å². The summed E-state index contributed by atoms with van der Waals surface area (Å²) in [6, 6.07) is 6.27. The van der Waals surface area contributed by atoms with Crippen molar-refractivity contribution in [1.82, 2.24) is 0 Å². The van der Waals surface area contributed by atoms with Gasteiger partial charge >= 0.3 is 0 Å². The van der Waals surface area contributed by atoms with Gasteiger partial charge in [-0.3, -0.25) is 4.79 Å². The highest BCUT2D eigenvalue weighted by molar-refractivity contribution is 8.00. The van der Waals surface area contributed by atoms with E-state index in [1.807, 2.05) is 0 Å². The van der Waals surface area contributed by atoms with Crippen LogP contribution in [0.1, 0.15) is 38.5 Å². The van der Waals surface area contributed by atoms with Crippen molar-refractivity contribution in [2.45, 2.75) is 43.4 Å². The molecule has 1 amide bonds. The van der Waals surface area contributed by atoms with Gasteiger partial charge in [-0.05, 0) is 30.5 Å². The van der Waals surface area contributed by atoms with E-state index >= 15 is 0 Å². The van der Waals surface area contributed by atoms with Crippen molar-refractivity contribution >= 4 is 29.0 Å². The van der Waals surface area contributed by atoms with Crippen LogP contribution < -0.4 is 10.6 Å². The Hall–Kier alpha value is -1.16. The zero-order valence-electron chi connectivity index (χ0n) is 11.8. The standard InChI is InChI=1S/C16H22N2OS/c19-16-11-20-15-7-6-13(10-14(15)18-16)17-9-8-12-4-2-1-3-5-12/h6-7,10,12,17H,1-5,8-9,11H2,(H,18,19). The second-order valence-electron chi connectivity index (χ2n) is 5.77. The molecule has 1 aliphatic heterocycles. The smallest absolute Gasteiger partial charge is 0.234 e. The lowest BCUT2D eigenvalue weighted by Gasteiger charge is -2.22. The van der Waals surface area contributed by atoms with Crippen LogP contribution in [0.15, 0.2) is 23.1 Å². The van der Waals surface area contributed by atoms with E-state index in [0.29, 0.717) is 5.75 Å². The number of carbonyl (C=O) groups excluding carboxylic acids is 1. The molecule has 4 heteroatoms. The molecule has 0 radical (unpaired) electrons. The summed E-state index contributed by atoms with van der Waals surface area (Å²) in [7, 11) is 0. The Kier molecular flexibility index (Phi) is 4.51. The van der Waals surface area contributed by atoms with Crippen LogP contribution in [-0.2, 0) is 4.79 Å². The Morgan fingerprint density at radius 1 is 1.25 bits per heavy atom. The molecule has 2 N–H and O–H groups in total. The van der Waals surface area contributed by atoms with Gasteiger partial charge in [0.15, 0.2) is 0 Å². The Morgan fingerprint density at radius 3 is 2.95 bits per heavy atom. The van der Waals surface area contributed by atoms with Crippen molar-refractivity contribution < 1.29 is 4.79 Å². The number of fused-ring (bicyclic) bond motifs is 1. The van der Waals surface area contributed by atoms with E-state index in [1.165, 1.54) is 43.4 Å². The van der Waals surface area contributed by atoms with E-state index in [2.05, 4.69) is 28.8 Å². The van der Waals surface area contributed by atoms with Crippen molar-refractivity contribution in [2.75, 3.05) is 22.9 Å². The first kappa shape index (κ1) is 13.8. The highest BCUT2D eigenvalue weighted by atomic mass is 32.2. The van der Waals surface area contributed by atoms with Gasteiger partial charge in [-0.25, -0.2) is 0 Å². The molecule has 3 rings (SSSR count). The Bertz CT molecular complexity index is 483. The lowest BCUT2D eigenvalue weighted by molar-refractivity contribution is -0.113. The first-order chi connectivity index (χ1) is 9.81. The predicted molar refractivity (Wildman–Crippen MR) is 85.5 cm³/mol. The second kappa shape index (κ2) is 6.53. The summed E-state index contributed by atoms with van der Waals surface area (Å²) in [6.45, 7) is 1.03. The van der Waals surface area contributed by atoms with Crippen molar-refractivity contribution in [3.05, 3.63) is 18.2 Å². The summed E-state index contributed by atoms with van der Waals surface area (Å²) >= 11 is 1.61. The molecular formula is C16H22N2OS. The minimum absolute atomic E-state index is 0.0989. The molecule has 20 heavy (non-hydrogen) atoms. The van der Waals surface area contributed by atoms with Crippen LogP contribution in [0.4, 0.5) is 11.4 Å². The van der Waals surface area contributed by atoms with Gasteiger partial charge in [0.25, 0.3) is 0 Å². The SMILES string of the molecule is O=C1CSc2ccc(NCCC3CCCCC3)cc2N1. The summed E-state index contributed by atoms with van der Waals surface area (Å²) in [4.78, 5) is 12.6. The molecule has 108 valence electrons. The summed E-state index contributed by atoms with van der Waals surface area (Å²) in [5.74, 6) is 1.53.